The number of nitrogens with one attached hydrogen (secondary N) is 3. The van der Waals surface area contributed by atoms with Crippen molar-refractivity contribution in [3.63, 3.8) is 0 Å². The smallest absolute Gasteiger partial charge is 0.238 e. The number of benzene rings is 1. The summed E-state index contributed by atoms with van der Waals surface area (Å²) >= 11 is 0. The Morgan fingerprint density at radius 3 is 2.76 bits per heavy atom. The molecule has 37 heavy (non-hydrogen) atoms. The number of hydrogen-bond acceptors (Lipinski definition) is 6. The van der Waals surface area contributed by atoms with Gasteiger partial charge in [0.1, 0.15) is 11.2 Å². The molecule has 4 aromatic heterocycles. The molecule has 9 nitrogen and oxygen atoms in total. The number of amides is 1. The van der Waals surface area contributed by atoms with Crippen molar-refractivity contribution >= 4 is 39.2 Å². The van der Waals surface area contributed by atoms with Gasteiger partial charge >= 0.3 is 0 Å². The van der Waals surface area contributed by atoms with Crippen LogP contribution in [0.4, 0.5) is 11.4 Å². The summed E-state index contributed by atoms with van der Waals surface area (Å²) in [6.45, 7) is 2.49. The molecule has 1 saturated heterocycles. The number of fused-ring (bicyclic) bond motifs is 2. The van der Waals surface area contributed by atoms with E-state index in [1.165, 1.54) is 30.3 Å². The Balaban J connectivity index is 1.35. The van der Waals surface area contributed by atoms with Crippen molar-refractivity contribution in [1.82, 2.24) is 30.0 Å². The Labute approximate surface area is 214 Å². The first-order chi connectivity index (χ1) is 18.0. The third kappa shape index (κ3) is 4.65. The molecule has 5 heterocycles. The standard InChI is InChI=1S/C28H30N8O/c1-35(2)17-26(37)30-19-13-18(15-29-16-19)21-9-10-23-27(32-21)28(34-33-23)24-14-20-22(31-24)7-6-8-25(20)36-11-4-3-5-12-36/h6-10,13-16,31H,3-5,11-12,17H2,1-2H3,(H,30,37)(H,33,34). The summed E-state index contributed by atoms with van der Waals surface area (Å²) in [6.07, 6.45) is 7.17. The van der Waals surface area contributed by atoms with E-state index >= 15 is 0 Å². The van der Waals surface area contributed by atoms with Gasteiger partial charge in [0.2, 0.25) is 5.91 Å². The van der Waals surface area contributed by atoms with Gasteiger partial charge in [-0.15, -0.1) is 0 Å². The maximum atomic E-state index is 12.2. The molecule has 6 rings (SSSR count). The van der Waals surface area contributed by atoms with Gasteiger partial charge in [-0.2, -0.15) is 5.10 Å². The molecule has 0 unspecified atom stereocenters. The zero-order chi connectivity index (χ0) is 25.4. The summed E-state index contributed by atoms with van der Waals surface area (Å²) in [6, 6.07) is 14.4. The number of piperidine rings is 1. The lowest BCUT2D eigenvalue weighted by Crippen LogP contribution is -2.29. The summed E-state index contributed by atoms with van der Waals surface area (Å²) in [5.74, 6) is -0.0905. The average Bonchev–Trinajstić information content (AvgIpc) is 3.52. The molecular weight excluding hydrogens is 464 g/mol. The van der Waals surface area contributed by atoms with Gasteiger partial charge in [-0.3, -0.25) is 14.9 Å². The molecule has 1 fully saturated rings. The first-order valence-corrected chi connectivity index (χ1v) is 12.7. The van der Waals surface area contributed by atoms with Crippen LogP contribution in [0.2, 0.25) is 0 Å². The topological polar surface area (TPSA) is 106 Å². The number of hydrogen-bond donors (Lipinski definition) is 3. The first-order valence-electron chi connectivity index (χ1n) is 12.7. The van der Waals surface area contributed by atoms with Crippen molar-refractivity contribution in [2.45, 2.75) is 19.3 Å². The third-order valence-corrected chi connectivity index (χ3v) is 6.78. The molecule has 0 spiro atoms. The van der Waals surface area contributed by atoms with Crippen LogP contribution in [0.5, 0.6) is 0 Å². The van der Waals surface area contributed by atoms with Gasteiger partial charge in [-0.05, 0) is 69.8 Å². The normalized spacial score (nSPS) is 14.1. The lowest BCUT2D eigenvalue weighted by atomic mass is 10.1. The zero-order valence-electron chi connectivity index (χ0n) is 21.1. The van der Waals surface area contributed by atoms with E-state index in [1.54, 1.807) is 12.4 Å². The first kappa shape index (κ1) is 23.2. The molecular formula is C28H30N8O. The van der Waals surface area contributed by atoms with Crippen LogP contribution in [0, 0.1) is 0 Å². The highest BCUT2D eigenvalue weighted by Crippen LogP contribution is 2.34. The van der Waals surface area contributed by atoms with Gasteiger partial charge in [-0.25, -0.2) is 4.98 Å². The van der Waals surface area contributed by atoms with Crippen LogP contribution >= 0.6 is 0 Å². The van der Waals surface area contributed by atoms with E-state index in [-0.39, 0.29) is 5.91 Å². The monoisotopic (exact) mass is 494 g/mol. The summed E-state index contributed by atoms with van der Waals surface area (Å²) < 4.78 is 0. The van der Waals surface area contributed by atoms with Gasteiger partial charge in [0.15, 0.2) is 0 Å². The van der Waals surface area contributed by atoms with Gasteiger partial charge < -0.3 is 20.1 Å². The van der Waals surface area contributed by atoms with Crippen LogP contribution in [0.15, 0.2) is 54.9 Å². The maximum Gasteiger partial charge on any atom is 0.238 e. The van der Waals surface area contributed by atoms with Crippen LogP contribution < -0.4 is 10.2 Å². The Morgan fingerprint density at radius 1 is 1.05 bits per heavy atom. The van der Waals surface area contributed by atoms with Crippen molar-refractivity contribution in [3.8, 4) is 22.6 Å². The minimum atomic E-state index is -0.0905. The minimum absolute atomic E-state index is 0.0905. The second-order valence-corrected chi connectivity index (χ2v) is 9.88. The van der Waals surface area contributed by atoms with Crippen molar-refractivity contribution in [1.29, 1.82) is 0 Å². The SMILES string of the molecule is CN(C)CC(=O)Nc1cncc(-c2ccc3[nH]nc(-c4cc5c(N6CCCCC6)cccc5[nH]4)c3n2)c1. The molecule has 0 radical (unpaired) electrons. The minimum Gasteiger partial charge on any atom is -0.371 e. The highest BCUT2D eigenvalue weighted by molar-refractivity contribution is 5.99. The zero-order valence-corrected chi connectivity index (χ0v) is 21.1. The summed E-state index contributed by atoms with van der Waals surface area (Å²) in [5, 5.41) is 11.8. The number of aromatic nitrogens is 5. The second-order valence-electron chi connectivity index (χ2n) is 9.88. The van der Waals surface area contributed by atoms with E-state index in [0.29, 0.717) is 12.2 Å². The number of likely N-dealkylation sites (N-methyl/N-ethyl adjacent to an activating group) is 1. The van der Waals surface area contributed by atoms with E-state index in [1.807, 2.05) is 37.2 Å². The molecule has 188 valence electrons. The number of H-pyrrole nitrogens is 2. The van der Waals surface area contributed by atoms with Crippen LogP contribution in [-0.4, -0.2) is 69.7 Å². The van der Waals surface area contributed by atoms with Gasteiger partial charge in [-0.1, -0.05) is 6.07 Å². The molecule has 0 saturated carbocycles. The predicted octanol–water partition coefficient (Wildman–Crippen LogP) is 4.66. The fourth-order valence-electron chi connectivity index (χ4n) is 5.06. The van der Waals surface area contributed by atoms with Crippen molar-refractivity contribution in [2.75, 3.05) is 43.9 Å². The Morgan fingerprint density at radius 2 is 1.92 bits per heavy atom. The Kier molecular flexibility index (Phi) is 6.05. The number of pyridine rings is 2. The maximum absolute atomic E-state index is 12.2. The largest absolute Gasteiger partial charge is 0.371 e. The van der Waals surface area contributed by atoms with Crippen LogP contribution in [0.25, 0.3) is 44.6 Å². The van der Waals surface area contributed by atoms with Crippen LogP contribution in [0.1, 0.15) is 19.3 Å². The molecule has 3 N–H and O–H groups in total. The fraction of sp³-hybridized carbons (Fsp3) is 0.286. The number of nitrogens with zero attached hydrogens (tertiary/aromatic N) is 5. The quantitative estimate of drug-likeness (QED) is 0.317. The van der Waals surface area contributed by atoms with Crippen molar-refractivity contribution < 1.29 is 4.79 Å². The van der Waals surface area contributed by atoms with Gasteiger partial charge in [0, 0.05) is 41.4 Å². The summed E-state index contributed by atoms with van der Waals surface area (Å²) in [7, 11) is 3.72. The molecule has 0 atom stereocenters. The number of rotatable bonds is 6. The predicted molar refractivity (Wildman–Crippen MR) is 148 cm³/mol. The summed E-state index contributed by atoms with van der Waals surface area (Å²) in [4.78, 5) is 29.3. The van der Waals surface area contributed by atoms with E-state index in [2.05, 4.69) is 54.6 Å². The van der Waals surface area contributed by atoms with Crippen molar-refractivity contribution in [2.24, 2.45) is 0 Å². The average molecular weight is 495 g/mol. The van der Waals surface area contributed by atoms with E-state index in [9.17, 15) is 4.79 Å². The van der Waals surface area contributed by atoms with Gasteiger partial charge in [0.05, 0.1) is 35.3 Å². The molecule has 5 aromatic rings. The number of aromatic amines is 2. The van der Waals surface area contributed by atoms with E-state index in [0.717, 1.165) is 52.3 Å². The molecule has 9 heteroatoms. The van der Waals surface area contributed by atoms with E-state index in [4.69, 9.17) is 4.98 Å². The molecule has 0 bridgehead atoms. The molecule has 1 aliphatic heterocycles. The molecule has 0 aliphatic carbocycles. The second kappa shape index (κ2) is 9.67. The highest BCUT2D eigenvalue weighted by atomic mass is 16.2. The van der Waals surface area contributed by atoms with E-state index < -0.39 is 0 Å². The van der Waals surface area contributed by atoms with Crippen LogP contribution in [0.3, 0.4) is 0 Å². The lowest BCUT2D eigenvalue weighted by Gasteiger charge is -2.29. The number of carbonyl (C=O) groups is 1. The van der Waals surface area contributed by atoms with Crippen LogP contribution in [-0.2, 0) is 4.79 Å². The summed E-state index contributed by atoms with van der Waals surface area (Å²) in [5.41, 5.74) is 7.93. The molecule has 1 aliphatic rings. The Hall–Kier alpha value is -4.24. The Bertz CT molecular complexity index is 1580. The fourth-order valence-corrected chi connectivity index (χ4v) is 5.06. The van der Waals surface area contributed by atoms with Crippen molar-refractivity contribution in [3.05, 3.63) is 54.9 Å². The lowest BCUT2D eigenvalue weighted by molar-refractivity contribution is -0.116. The third-order valence-electron chi connectivity index (χ3n) is 6.78. The number of anilines is 2. The highest BCUT2D eigenvalue weighted by Gasteiger charge is 2.18. The number of carbonyl (C=O) groups excluding carboxylic acids is 1. The molecule has 1 amide bonds. The van der Waals surface area contributed by atoms with Gasteiger partial charge in [0.25, 0.3) is 0 Å². The molecule has 1 aromatic carbocycles.